The second-order valence-electron chi connectivity index (χ2n) is 2.84. The predicted molar refractivity (Wildman–Crippen MR) is 34.9 cm³/mol. The van der Waals surface area contributed by atoms with Crippen LogP contribution in [0.5, 0.6) is 0 Å². The van der Waals surface area contributed by atoms with Crippen molar-refractivity contribution in [2.45, 2.75) is 24.7 Å². The van der Waals surface area contributed by atoms with Crippen LogP contribution < -0.4 is 56.7 Å². The van der Waals surface area contributed by atoms with Crippen molar-refractivity contribution in [3.05, 3.63) is 0 Å². The van der Waals surface area contributed by atoms with E-state index in [1.165, 1.54) is 0 Å². The second-order valence-corrected chi connectivity index (χ2v) is 2.84. The second kappa shape index (κ2) is 4.62. The molecule has 0 aromatic carbocycles. The molecule has 0 atom stereocenters. The molecule has 0 aromatic heterocycles. The molecule has 1 rings (SSSR count). The number of hydrogen-bond acceptors (Lipinski definition) is 1. The van der Waals surface area contributed by atoms with Crippen LogP contribution in [0.3, 0.4) is 0 Å². The van der Waals surface area contributed by atoms with Crippen molar-refractivity contribution in [3.8, 4) is 0 Å². The first-order valence-electron chi connectivity index (χ1n) is 3.41. The minimum absolute atomic E-state index is 0. The molecule has 0 aromatic rings. The van der Waals surface area contributed by atoms with Crippen molar-refractivity contribution in [3.63, 3.8) is 0 Å². The summed E-state index contributed by atoms with van der Waals surface area (Å²) in [5.74, 6) is -0.988. The third-order valence-electron chi connectivity index (χ3n) is 2.12. The summed E-state index contributed by atoms with van der Waals surface area (Å²) >= 11 is 0. The maximum Gasteiger partial charge on any atom is 1.00 e. The molecular weight excluding hydrogens is 181 g/mol. The third kappa shape index (κ3) is 3.36. The average Bonchev–Trinajstić information content (AvgIpc) is 1.57. The standard InChI is InChI=1S/C5H10BF3N.K/c1-10-5-2-4(3-5)6(7,8)9;/h4-5,10H,2-3H2,1H3;/q-1;+1. The average molecular weight is 191 g/mol. The fourth-order valence-electron chi connectivity index (χ4n) is 1.21. The summed E-state index contributed by atoms with van der Waals surface area (Å²) in [6.07, 6.45) is 0.556. The van der Waals surface area contributed by atoms with Crippen LogP contribution in [0.1, 0.15) is 12.8 Å². The van der Waals surface area contributed by atoms with Gasteiger partial charge in [-0.1, -0.05) is 18.7 Å². The van der Waals surface area contributed by atoms with E-state index in [9.17, 15) is 12.9 Å². The molecule has 6 heteroatoms. The van der Waals surface area contributed by atoms with Gasteiger partial charge < -0.3 is 18.3 Å². The molecule has 0 radical (unpaired) electrons. The van der Waals surface area contributed by atoms with E-state index in [1.54, 1.807) is 7.05 Å². The molecule has 0 spiro atoms. The summed E-state index contributed by atoms with van der Waals surface area (Å²) in [5, 5.41) is 2.81. The van der Waals surface area contributed by atoms with Gasteiger partial charge in [0.25, 0.3) is 0 Å². The Bertz CT molecular complexity index is 123. The fourth-order valence-corrected chi connectivity index (χ4v) is 1.21. The van der Waals surface area contributed by atoms with E-state index < -0.39 is 12.8 Å². The van der Waals surface area contributed by atoms with Gasteiger partial charge in [-0.3, -0.25) is 0 Å². The molecule has 0 heterocycles. The van der Waals surface area contributed by atoms with E-state index in [1.807, 2.05) is 0 Å². The van der Waals surface area contributed by atoms with Gasteiger partial charge >= 0.3 is 58.4 Å². The van der Waals surface area contributed by atoms with Gasteiger partial charge in [-0.25, -0.2) is 0 Å². The first-order valence-corrected chi connectivity index (χ1v) is 3.41. The minimum atomic E-state index is -4.55. The van der Waals surface area contributed by atoms with Crippen molar-refractivity contribution in [1.29, 1.82) is 0 Å². The molecule has 1 nitrogen and oxygen atoms in total. The van der Waals surface area contributed by atoms with Gasteiger partial charge in [0.05, 0.1) is 0 Å². The number of halogens is 3. The zero-order valence-corrected chi connectivity index (χ0v) is 9.90. The number of nitrogens with one attached hydrogen (secondary N) is 1. The maximum absolute atomic E-state index is 11.8. The zero-order valence-electron chi connectivity index (χ0n) is 6.78. The maximum atomic E-state index is 11.8. The van der Waals surface area contributed by atoms with Gasteiger partial charge in [0, 0.05) is 6.04 Å². The summed E-state index contributed by atoms with van der Waals surface area (Å²) in [6, 6.07) is 0.105. The molecule has 60 valence electrons. The summed E-state index contributed by atoms with van der Waals surface area (Å²) in [7, 11) is 1.70. The van der Waals surface area contributed by atoms with Crippen molar-refractivity contribution in [2.24, 2.45) is 0 Å². The Labute approximate surface area is 107 Å². The van der Waals surface area contributed by atoms with E-state index in [-0.39, 0.29) is 70.3 Å². The van der Waals surface area contributed by atoms with E-state index in [0.29, 0.717) is 0 Å². The van der Waals surface area contributed by atoms with Gasteiger partial charge in [0.2, 0.25) is 0 Å². The third-order valence-corrected chi connectivity index (χ3v) is 2.12. The summed E-state index contributed by atoms with van der Waals surface area (Å²) in [6.45, 7) is -4.55. The first kappa shape index (κ1) is 12.5. The van der Waals surface area contributed by atoms with E-state index in [2.05, 4.69) is 5.32 Å². The summed E-state index contributed by atoms with van der Waals surface area (Å²) < 4.78 is 35.5. The van der Waals surface area contributed by atoms with Gasteiger partial charge in [0.15, 0.2) is 0 Å². The summed E-state index contributed by atoms with van der Waals surface area (Å²) in [5.41, 5.74) is 0. The van der Waals surface area contributed by atoms with Crippen LogP contribution in [-0.2, 0) is 0 Å². The van der Waals surface area contributed by atoms with E-state index in [4.69, 9.17) is 0 Å². The normalized spacial score (nSPS) is 30.5. The van der Waals surface area contributed by atoms with Crippen molar-refractivity contribution in [1.82, 2.24) is 5.32 Å². The smallest absolute Gasteiger partial charge is 0.449 e. The molecule has 1 N–H and O–H groups in total. The predicted octanol–water partition coefficient (Wildman–Crippen LogP) is -1.41. The Kier molecular flexibility index (Phi) is 5.23. The molecule has 0 unspecified atom stereocenters. The van der Waals surface area contributed by atoms with Gasteiger partial charge in [-0.15, -0.1) is 0 Å². The molecule has 1 aliphatic rings. The Morgan fingerprint density at radius 1 is 1.27 bits per heavy atom. The molecule has 0 amide bonds. The molecule has 1 aliphatic carbocycles. The molecule has 1 saturated carbocycles. The zero-order chi connectivity index (χ0) is 7.78. The Morgan fingerprint density at radius 2 is 1.73 bits per heavy atom. The Hall–Kier alpha value is 1.45. The van der Waals surface area contributed by atoms with E-state index in [0.717, 1.165) is 0 Å². The van der Waals surface area contributed by atoms with Crippen LogP contribution in [-0.4, -0.2) is 20.1 Å². The van der Waals surface area contributed by atoms with Crippen molar-refractivity contribution < 1.29 is 64.3 Å². The van der Waals surface area contributed by atoms with Gasteiger partial charge in [-0.05, 0) is 7.05 Å². The van der Waals surface area contributed by atoms with Gasteiger partial charge in [0.1, 0.15) is 0 Å². The monoisotopic (exact) mass is 191 g/mol. The Balaban J connectivity index is 0.000001000. The molecule has 0 saturated heterocycles. The largest absolute Gasteiger partial charge is 1.00 e. The quantitative estimate of drug-likeness (QED) is 0.529. The first-order chi connectivity index (χ1) is 4.54. The van der Waals surface area contributed by atoms with Crippen molar-refractivity contribution in [2.75, 3.05) is 7.05 Å². The van der Waals surface area contributed by atoms with E-state index >= 15 is 0 Å². The molecular formula is C5H10BF3KN. The molecule has 0 aliphatic heterocycles. The SMILES string of the molecule is CNC1CC([B-](F)(F)F)C1.[K+]. The molecule has 0 bridgehead atoms. The fraction of sp³-hybridized carbons (Fsp3) is 1.00. The van der Waals surface area contributed by atoms with Crippen LogP contribution in [0.15, 0.2) is 0 Å². The summed E-state index contributed by atoms with van der Waals surface area (Å²) in [4.78, 5) is 0. The number of hydrogen-bond donors (Lipinski definition) is 1. The molecule has 1 fully saturated rings. The van der Waals surface area contributed by atoms with Crippen LogP contribution in [0.25, 0.3) is 0 Å². The van der Waals surface area contributed by atoms with Crippen LogP contribution in [0.2, 0.25) is 5.82 Å². The molecule has 11 heavy (non-hydrogen) atoms. The van der Waals surface area contributed by atoms with Crippen LogP contribution in [0.4, 0.5) is 12.9 Å². The van der Waals surface area contributed by atoms with Gasteiger partial charge in [-0.2, -0.15) is 0 Å². The van der Waals surface area contributed by atoms with Crippen LogP contribution >= 0.6 is 0 Å². The Morgan fingerprint density at radius 3 is 2.00 bits per heavy atom. The van der Waals surface area contributed by atoms with Crippen molar-refractivity contribution >= 4 is 6.98 Å². The number of rotatable bonds is 2. The minimum Gasteiger partial charge on any atom is -0.449 e. The topological polar surface area (TPSA) is 12.0 Å². The van der Waals surface area contributed by atoms with Crippen LogP contribution in [0, 0.1) is 0 Å².